The van der Waals surface area contributed by atoms with E-state index in [4.69, 9.17) is 28.6 Å². The Morgan fingerprint density at radius 3 is 2.86 bits per heavy atom. The van der Waals surface area contributed by atoms with Crippen molar-refractivity contribution >= 4 is 50.8 Å². The highest BCUT2D eigenvalue weighted by Gasteiger charge is 2.12. The maximum Gasteiger partial charge on any atom is 0.182 e. The standard InChI is InChI=1S/C15H12BrClN2OS/c1-2-20-13-5-3-4-12-14(13)18-15(21)19(12)11-7-6-9(17)8-10(11)16/h3-8H,2H2,1H3,(H,18,21). The largest absolute Gasteiger partial charge is 0.492 e. The van der Waals surface area contributed by atoms with E-state index in [0.717, 1.165) is 26.9 Å². The summed E-state index contributed by atoms with van der Waals surface area (Å²) in [5.41, 5.74) is 2.80. The van der Waals surface area contributed by atoms with Gasteiger partial charge in [0.1, 0.15) is 11.3 Å². The molecule has 6 heteroatoms. The summed E-state index contributed by atoms with van der Waals surface area (Å²) in [6, 6.07) is 11.5. The van der Waals surface area contributed by atoms with Crippen LogP contribution in [0.1, 0.15) is 6.92 Å². The molecule has 0 bridgehead atoms. The SMILES string of the molecule is CCOc1cccc2c1[nH]c(=S)n2-c1ccc(Cl)cc1Br. The maximum atomic E-state index is 6.01. The first kappa shape index (κ1) is 14.6. The maximum absolute atomic E-state index is 6.01. The molecule has 0 unspecified atom stereocenters. The quantitative estimate of drug-likeness (QED) is 0.605. The van der Waals surface area contributed by atoms with Gasteiger partial charge >= 0.3 is 0 Å². The number of aromatic amines is 1. The number of hydrogen-bond donors (Lipinski definition) is 1. The number of ether oxygens (including phenoxy) is 1. The molecule has 21 heavy (non-hydrogen) atoms. The van der Waals surface area contributed by atoms with Gasteiger partial charge in [-0.2, -0.15) is 0 Å². The van der Waals surface area contributed by atoms with Crippen LogP contribution in [0, 0.1) is 4.77 Å². The Labute approximate surface area is 140 Å². The number of nitrogens with zero attached hydrogens (tertiary/aromatic N) is 1. The molecule has 0 aliphatic carbocycles. The van der Waals surface area contributed by atoms with Crippen molar-refractivity contribution in [2.75, 3.05) is 6.61 Å². The van der Waals surface area contributed by atoms with E-state index in [-0.39, 0.29) is 0 Å². The zero-order valence-electron chi connectivity index (χ0n) is 11.2. The van der Waals surface area contributed by atoms with E-state index in [0.29, 0.717) is 16.4 Å². The summed E-state index contributed by atoms with van der Waals surface area (Å²) in [6.07, 6.45) is 0. The zero-order chi connectivity index (χ0) is 15.0. The number of halogens is 2. The van der Waals surface area contributed by atoms with Crippen molar-refractivity contribution < 1.29 is 4.74 Å². The Hall–Kier alpha value is -1.30. The molecule has 1 aromatic heterocycles. The van der Waals surface area contributed by atoms with Crippen LogP contribution in [-0.4, -0.2) is 16.2 Å². The van der Waals surface area contributed by atoms with Gasteiger partial charge in [-0.1, -0.05) is 17.7 Å². The fraction of sp³-hybridized carbons (Fsp3) is 0.133. The van der Waals surface area contributed by atoms with Crippen molar-refractivity contribution in [2.45, 2.75) is 6.92 Å². The Morgan fingerprint density at radius 2 is 2.14 bits per heavy atom. The fourth-order valence-corrected chi connectivity index (χ4v) is 3.44. The summed E-state index contributed by atoms with van der Waals surface area (Å²) in [7, 11) is 0. The van der Waals surface area contributed by atoms with Gasteiger partial charge in [-0.25, -0.2) is 0 Å². The number of nitrogens with one attached hydrogen (secondary N) is 1. The van der Waals surface area contributed by atoms with E-state index in [1.165, 1.54) is 0 Å². The molecule has 0 aliphatic rings. The Bertz CT molecular complexity index is 872. The summed E-state index contributed by atoms with van der Waals surface area (Å²) < 4.78 is 9.11. The molecular weight excluding hydrogens is 372 g/mol. The second kappa shape index (κ2) is 5.83. The van der Waals surface area contributed by atoms with E-state index in [1.807, 2.05) is 47.9 Å². The molecule has 0 aliphatic heterocycles. The topological polar surface area (TPSA) is 29.9 Å². The molecule has 0 fully saturated rings. The number of H-pyrrole nitrogens is 1. The first-order chi connectivity index (χ1) is 10.1. The first-order valence-electron chi connectivity index (χ1n) is 6.43. The van der Waals surface area contributed by atoms with Crippen LogP contribution in [0.2, 0.25) is 5.02 Å². The van der Waals surface area contributed by atoms with E-state index in [9.17, 15) is 0 Å². The zero-order valence-corrected chi connectivity index (χ0v) is 14.3. The molecule has 2 aromatic carbocycles. The average molecular weight is 384 g/mol. The number of hydrogen-bond acceptors (Lipinski definition) is 2. The molecule has 0 saturated heterocycles. The fourth-order valence-electron chi connectivity index (χ4n) is 2.28. The van der Waals surface area contributed by atoms with Gasteiger partial charge in [0.05, 0.1) is 17.8 Å². The summed E-state index contributed by atoms with van der Waals surface area (Å²) in [5, 5.41) is 0.673. The van der Waals surface area contributed by atoms with Gasteiger partial charge < -0.3 is 9.72 Å². The van der Waals surface area contributed by atoms with Crippen molar-refractivity contribution in [2.24, 2.45) is 0 Å². The molecule has 1 heterocycles. The van der Waals surface area contributed by atoms with Crippen molar-refractivity contribution in [3.05, 3.63) is 50.7 Å². The minimum Gasteiger partial charge on any atom is -0.492 e. The van der Waals surface area contributed by atoms with Crippen LogP contribution in [0.3, 0.4) is 0 Å². The lowest BCUT2D eigenvalue weighted by molar-refractivity contribution is 0.343. The smallest absolute Gasteiger partial charge is 0.182 e. The van der Waals surface area contributed by atoms with Crippen LogP contribution < -0.4 is 4.74 Å². The van der Waals surface area contributed by atoms with Crippen LogP contribution >= 0.6 is 39.7 Å². The summed E-state index contributed by atoms with van der Waals surface area (Å²) in [5.74, 6) is 0.796. The predicted molar refractivity (Wildman–Crippen MR) is 92.3 cm³/mol. The van der Waals surface area contributed by atoms with Crippen LogP contribution in [0.25, 0.3) is 16.7 Å². The minimum atomic E-state index is 0.607. The predicted octanol–water partition coefficient (Wildman–Crippen LogP) is 5.50. The Morgan fingerprint density at radius 1 is 1.33 bits per heavy atom. The van der Waals surface area contributed by atoms with Crippen molar-refractivity contribution in [1.82, 2.24) is 9.55 Å². The lowest BCUT2D eigenvalue weighted by Gasteiger charge is -2.08. The van der Waals surface area contributed by atoms with E-state index in [2.05, 4.69) is 20.9 Å². The van der Waals surface area contributed by atoms with Crippen LogP contribution in [-0.2, 0) is 0 Å². The van der Waals surface area contributed by atoms with Gasteiger partial charge in [-0.3, -0.25) is 4.57 Å². The van der Waals surface area contributed by atoms with E-state index < -0.39 is 0 Å². The minimum absolute atomic E-state index is 0.607. The molecule has 108 valence electrons. The summed E-state index contributed by atoms with van der Waals surface area (Å²) in [4.78, 5) is 3.22. The molecule has 1 N–H and O–H groups in total. The number of benzene rings is 2. The van der Waals surface area contributed by atoms with Gasteiger partial charge in [0.25, 0.3) is 0 Å². The molecule has 0 saturated carbocycles. The highest BCUT2D eigenvalue weighted by molar-refractivity contribution is 9.10. The lowest BCUT2D eigenvalue weighted by Crippen LogP contribution is -1.96. The van der Waals surface area contributed by atoms with Gasteiger partial charge in [0.15, 0.2) is 4.77 Å². The second-order valence-electron chi connectivity index (χ2n) is 4.44. The monoisotopic (exact) mass is 382 g/mol. The molecule has 0 amide bonds. The van der Waals surface area contributed by atoms with Crippen molar-refractivity contribution in [3.63, 3.8) is 0 Å². The van der Waals surface area contributed by atoms with E-state index >= 15 is 0 Å². The molecule has 3 aromatic rings. The van der Waals surface area contributed by atoms with Crippen molar-refractivity contribution in [3.8, 4) is 11.4 Å². The Kier molecular flexibility index (Phi) is 4.06. The van der Waals surface area contributed by atoms with E-state index in [1.54, 1.807) is 0 Å². The molecule has 0 radical (unpaired) electrons. The third-order valence-corrected chi connectivity index (χ3v) is 4.29. The van der Waals surface area contributed by atoms with Gasteiger partial charge in [-0.05, 0) is 65.4 Å². The van der Waals surface area contributed by atoms with Gasteiger partial charge in [0, 0.05) is 9.50 Å². The van der Waals surface area contributed by atoms with Crippen LogP contribution in [0.4, 0.5) is 0 Å². The second-order valence-corrected chi connectivity index (χ2v) is 6.12. The molecule has 3 rings (SSSR count). The number of fused-ring (bicyclic) bond motifs is 1. The molecule has 0 atom stereocenters. The average Bonchev–Trinajstić information content (AvgIpc) is 2.77. The number of imidazole rings is 1. The third-order valence-electron chi connectivity index (χ3n) is 3.13. The highest BCUT2D eigenvalue weighted by atomic mass is 79.9. The summed E-state index contributed by atoms with van der Waals surface area (Å²) in [6.45, 7) is 2.57. The van der Waals surface area contributed by atoms with Gasteiger partial charge in [0.2, 0.25) is 0 Å². The normalized spacial score (nSPS) is 11.0. The number of rotatable bonds is 3. The molecule has 3 nitrogen and oxygen atoms in total. The number of para-hydroxylation sites is 1. The first-order valence-corrected chi connectivity index (χ1v) is 8.01. The van der Waals surface area contributed by atoms with Gasteiger partial charge in [-0.15, -0.1) is 0 Å². The highest BCUT2D eigenvalue weighted by Crippen LogP contribution is 2.31. The third kappa shape index (κ3) is 2.61. The van der Waals surface area contributed by atoms with Crippen LogP contribution in [0.5, 0.6) is 5.75 Å². The Balaban J connectivity index is 2.30. The van der Waals surface area contributed by atoms with Crippen molar-refractivity contribution in [1.29, 1.82) is 0 Å². The molecule has 0 spiro atoms. The molecular formula is C15H12BrClN2OS. The summed E-state index contributed by atoms with van der Waals surface area (Å²) >= 11 is 15.0. The van der Waals surface area contributed by atoms with Crippen LogP contribution in [0.15, 0.2) is 40.9 Å². The number of aromatic nitrogens is 2. The lowest BCUT2D eigenvalue weighted by atomic mass is 10.2.